The van der Waals surface area contributed by atoms with Crippen LogP contribution in [-0.2, 0) is 0 Å². The van der Waals surface area contributed by atoms with Gasteiger partial charge in [0, 0.05) is 42.2 Å². The molecule has 0 radical (unpaired) electrons. The molecule has 2 unspecified atom stereocenters. The third-order valence-corrected chi connectivity index (χ3v) is 9.82. The zero-order valence-electron chi connectivity index (χ0n) is 23.8. The Labute approximate surface area is 258 Å². The summed E-state index contributed by atoms with van der Waals surface area (Å²) in [5.41, 5.74) is 6.97. The largest absolute Gasteiger partial charge is 0.350 e. The minimum absolute atomic E-state index is 0.0988. The molecule has 5 heteroatoms. The van der Waals surface area contributed by atoms with Crippen molar-refractivity contribution in [3.8, 4) is 5.69 Å². The summed E-state index contributed by atoms with van der Waals surface area (Å²) >= 11 is 1.87. The molecule has 0 saturated heterocycles. The number of nitrogens with one attached hydrogen (secondary N) is 2. The zero-order valence-corrected chi connectivity index (χ0v) is 24.6. The van der Waals surface area contributed by atoms with E-state index in [0.29, 0.717) is 0 Å². The van der Waals surface area contributed by atoms with Crippen LogP contribution < -0.4 is 10.6 Å². The van der Waals surface area contributed by atoms with Crippen LogP contribution in [0.15, 0.2) is 151 Å². The van der Waals surface area contributed by atoms with E-state index < -0.39 is 0 Å². The SMILES string of the molecule is c1ccc(C2=NC(c3ccccc3)NC(c3ccc(-n4c5ccccc5c5cc6c(cc54)sc4ccccc46)cc3)N2)cc1. The van der Waals surface area contributed by atoms with E-state index >= 15 is 0 Å². The van der Waals surface area contributed by atoms with Crippen LogP contribution in [0.3, 0.4) is 0 Å². The second kappa shape index (κ2) is 10.2. The lowest BCUT2D eigenvalue weighted by Crippen LogP contribution is -2.44. The maximum Gasteiger partial charge on any atom is 0.131 e. The second-order valence-electron chi connectivity index (χ2n) is 11.3. The second-order valence-corrected chi connectivity index (χ2v) is 12.4. The van der Waals surface area contributed by atoms with Crippen LogP contribution in [0.4, 0.5) is 0 Å². The van der Waals surface area contributed by atoms with Gasteiger partial charge < -0.3 is 9.88 Å². The van der Waals surface area contributed by atoms with Crippen molar-refractivity contribution in [2.75, 3.05) is 0 Å². The maximum absolute atomic E-state index is 5.06. The van der Waals surface area contributed by atoms with Crippen LogP contribution in [0.5, 0.6) is 0 Å². The molecule has 0 saturated carbocycles. The lowest BCUT2D eigenvalue weighted by atomic mass is 10.1. The monoisotopic (exact) mass is 584 g/mol. The molecule has 4 nitrogen and oxygen atoms in total. The summed E-state index contributed by atoms with van der Waals surface area (Å²) in [7, 11) is 0. The van der Waals surface area contributed by atoms with Gasteiger partial charge in [-0.05, 0) is 47.5 Å². The molecule has 3 heterocycles. The Hall–Kier alpha value is -5.23. The Balaban J connectivity index is 1.14. The minimum atomic E-state index is -0.154. The number of aliphatic imine (C=N–C) groups is 1. The van der Waals surface area contributed by atoms with Gasteiger partial charge in [-0.15, -0.1) is 11.3 Å². The predicted molar refractivity (Wildman–Crippen MR) is 185 cm³/mol. The molecule has 0 fully saturated rings. The summed E-state index contributed by atoms with van der Waals surface area (Å²) < 4.78 is 5.05. The van der Waals surface area contributed by atoms with E-state index in [0.717, 1.165) is 28.2 Å². The number of hydrogen-bond acceptors (Lipinski definition) is 4. The van der Waals surface area contributed by atoms with E-state index in [1.54, 1.807) is 0 Å². The Bertz CT molecular complexity index is 2330. The Morgan fingerprint density at radius 1 is 0.545 bits per heavy atom. The van der Waals surface area contributed by atoms with Gasteiger partial charge in [-0.2, -0.15) is 0 Å². The third kappa shape index (κ3) is 4.13. The number of amidine groups is 1. The van der Waals surface area contributed by atoms with Gasteiger partial charge >= 0.3 is 0 Å². The van der Waals surface area contributed by atoms with Gasteiger partial charge in [-0.1, -0.05) is 109 Å². The van der Waals surface area contributed by atoms with Crippen molar-refractivity contribution in [2.45, 2.75) is 12.3 Å². The van der Waals surface area contributed by atoms with Gasteiger partial charge in [-0.25, -0.2) is 4.99 Å². The van der Waals surface area contributed by atoms with Crippen molar-refractivity contribution in [1.82, 2.24) is 15.2 Å². The molecule has 2 N–H and O–H groups in total. The topological polar surface area (TPSA) is 41.4 Å². The van der Waals surface area contributed by atoms with Crippen molar-refractivity contribution >= 4 is 59.2 Å². The highest BCUT2D eigenvalue weighted by Gasteiger charge is 2.25. The first-order valence-electron chi connectivity index (χ1n) is 15.0. The lowest BCUT2D eigenvalue weighted by molar-refractivity contribution is 0.409. The zero-order chi connectivity index (χ0) is 29.0. The molecule has 1 aliphatic rings. The summed E-state index contributed by atoms with van der Waals surface area (Å²) in [6.07, 6.45) is -0.253. The number of hydrogen-bond donors (Lipinski definition) is 2. The number of fused-ring (bicyclic) bond motifs is 6. The molecule has 0 aliphatic carbocycles. The van der Waals surface area contributed by atoms with E-state index in [1.807, 2.05) is 23.5 Å². The molecule has 44 heavy (non-hydrogen) atoms. The van der Waals surface area contributed by atoms with E-state index in [2.05, 4.69) is 149 Å². The van der Waals surface area contributed by atoms with Crippen molar-refractivity contribution in [3.63, 3.8) is 0 Å². The normalized spacial score (nSPS) is 16.9. The van der Waals surface area contributed by atoms with E-state index in [-0.39, 0.29) is 12.3 Å². The molecule has 2 atom stereocenters. The first-order chi connectivity index (χ1) is 21.8. The molecule has 0 spiro atoms. The van der Waals surface area contributed by atoms with Crippen LogP contribution in [0.25, 0.3) is 47.7 Å². The molecular weight excluding hydrogens is 557 g/mol. The quantitative estimate of drug-likeness (QED) is 0.216. The fraction of sp³-hybridized carbons (Fsp3) is 0.0513. The molecule has 1 aliphatic heterocycles. The molecule has 0 amide bonds. The Kier molecular flexibility index (Phi) is 5.86. The van der Waals surface area contributed by atoms with Crippen molar-refractivity contribution in [3.05, 3.63) is 162 Å². The highest BCUT2D eigenvalue weighted by atomic mass is 32.1. The van der Waals surface area contributed by atoms with Crippen LogP contribution in [-0.4, -0.2) is 10.4 Å². The van der Waals surface area contributed by atoms with Gasteiger partial charge in [-0.3, -0.25) is 5.32 Å². The highest BCUT2D eigenvalue weighted by Crippen LogP contribution is 2.40. The molecule has 210 valence electrons. The van der Waals surface area contributed by atoms with Gasteiger partial charge in [0.05, 0.1) is 11.0 Å². The summed E-state index contributed by atoms with van der Waals surface area (Å²) in [5.74, 6) is 0.891. The number of rotatable bonds is 4. The highest BCUT2D eigenvalue weighted by molar-refractivity contribution is 7.25. The summed E-state index contributed by atoms with van der Waals surface area (Å²) in [6.45, 7) is 0. The molecule has 6 aromatic carbocycles. The van der Waals surface area contributed by atoms with Gasteiger partial charge in [0.25, 0.3) is 0 Å². The molecular formula is C39H28N4S. The molecule has 8 aromatic rings. The number of benzene rings is 6. The van der Waals surface area contributed by atoms with E-state index in [1.165, 1.54) is 42.0 Å². The summed E-state index contributed by atoms with van der Waals surface area (Å²) in [4.78, 5) is 5.06. The molecule has 9 rings (SSSR count). The first-order valence-corrected chi connectivity index (χ1v) is 15.8. The van der Waals surface area contributed by atoms with E-state index in [4.69, 9.17) is 4.99 Å². The number of aromatic nitrogens is 1. The fourth-order valence-corrected chi connectivity index (χ4v) is 7.68. The standard InChI is InChI=1S/C39H28N4S/c1-3-11-25(12-4-1)37-40-38(26-13-5-2-6-14-26)42-39(41-37)27-19-21-28(22-20-27)43-33-17-9-7-15-29(33)31-23-32-30-16-8-10-18-35(30)44-36(32)24-34(31)43/h1-24,37,39,41H,(H,40,42). The van der Waals surface area contributed by atoms with Crippen molar-refractivity contribution < 1.29 is 0 Å². The summed E-state index contributed by atoms with van der Waals surface area (Å²) in [6, 6.07) is 52.0. The average Bonchev–Trinajstić information content (AvgIpc) is 3.62. The van der Waals surface area contributed by atoms with Crippen molar-refractivity contribution in [1.29, 1.82) is 0 Å². The maximum atomic E-state index is 5.06. The molecule has 2 aromatic heterocycles. The van der Waals surface area contributed by atoms with Crippen LogP contribution in [0.1, 0.15) is 29.0 Å². The lowest BCUT2D eigenvalue weighted by Gasteiger charge is -2.32. The van der Waals surface area contributed by atoms with Crippen LogP contribution in [0.2, 0.25) is 0 Å². The number of para-hydroxylation sites is 1. The van der Waals surface area contributed by atoms with Crippen LogP contribution >= 0.6 is 11.3 Å². The van der Waals surface area contributed by atoms with Gasteiger partial charge in [0.1, 0.15) is 18.2 Å². The summed E-state index contributed by atoms with van der Waals surface area (Å²) in [5, 5.41) is 12.6. The number of thiophene rings is 1. The molecule has 0 bridgehead atoms. The van der Waals surface area contributed by atoms with Crippen molar-refractivity contribution in [2.24, 2.45) is 4.99 Å². The van der Waals surface area contributed by atoms with Gasteiger partial charge in [0.2, 0.25) is 0 Å². The Morgan fingerprint density at radius 3 is 2.07 bits per heavy atom. The van der Waals surface area contributed by atoms with Crippen LogP contribution in [0, 0.1) is 0 Å². The fourth-order valence-electron chi connectivity index (χ4n) is 6.56. The van der Waals surface area contributed by atoms with Gasteiger partial charge in [0.15, 0.2) is 0 Å². The Morgan fingerprint density at radius 2 is 1.25 bits per heavy atom. The first kappa shape index (κ1) is 25.3. The number of nitrogens with zero attached hydrogens (tertiary/aromatic N) is 2. The smallest absolute Gasteiger partial charge is 0.131 e. The minimum Gasteiger partial charge on any atom is -0.350 e. The average molecular weight is 585 g/mol. The van der Waals surface area contributed by atoms with E-state index in [9.17, 15) is 0 Å². The predicted octanol–water partition coefficient (Wildman–Crippen LogP) is 9.49. The third-order valence-electron chi connectivity index (χ3n) is 8.68.